The highest BCUT2D eigenvalue weighted by Gasteiger charge is 2.08. The van der Waals surface area contributed by atoms with Crippen LogP contribution < -0.4 is 9.47 Å². The fourth-order valence-electron chi connectivity index (χ4n) is 2.53. The number of hydrogen-bond donors (Lipinski definition) is 0. The average Bonchev–Trinajstić information content (AvgIpc) is 2.60. The average molecular weight is 309 g/mol. The van der Waals surface area contributed by atoms with Crippen LogP contribution >= 0.6 is 0 Å². The van der Waals surface area contributed by atoms with Gasteiger partial charge >= 0.3 is 0 Å². The lowest BCUT2D eigenvalue weighted by molar-refractivity contribution is -0.384. The minimum absolute atomic E-state index is 0.0842. The van der Waals surface area contributed by atoms with Crippen LogP contribution in [0.1, 0.15) is 0 Å². The van der Waals surface area contributed by atoms with Crippen molar-refractivity contribution >= 4 is 16.5 Å². The second-order valence-corrected chi connectivity index (χ2v) is 5.07. The van der Waals surface area contributed by atoms with Gasteiger partial charge in [0.2, 0.25) is 0 Å². The normalized spacial score (nSPS) is 10.5. The molecule has 0 spiro atoms. The van der Waals surface area contributed by atoms with Gasteiger partial charge in [0.15, 0.2) is 11.5 Å². The molecule has 5 heteroatoms. The van der Waals surface area contributed by atoms with Crippen LogP contribution in [0.4, 0.5) is 5.69 Å². The van der Waals surface area contributed by atoms with E-state index in [1.165, 1.54) is 12.1 Å². The smallest absolute Gasteiger partial charge is 0.269 e. The number of nitro benzene ring substituents is 1. The number of nitro groups is 1. The maximum Gasteiger partial charge on any atom is 0.269 e. The van der Waals surface area contributed by atoms with Crippen molar-refractivity contribution in [2.24, 2.45) is 0 Å². The Morgan fingerprint density at radius 1 is 0.783 bits per heavy atom. The zero-order valence-electron chi connectivity index (χ0n) is 12.8. The first-order chi connectivity index (χ1) is 11.1. The van der Waals surface area contributed by atoms with Crippen molar-refractivity contribution in [2.75, 3.05) is 14.2 Å². The van der Waals surface area contributed by atoms with E-state index >= 15 is 0 Å². The number of rotatable bonds is 4. The molecule has 0 bridgehead atoms. The van der Waals surface area contributed by atoms with Crippen molar-refractivity contribution in [3.05, 3.63) is 64.7 Å². The number of hydrogen-bond acceptors (Lipinski definition) is 4. The van der Waals surface area contributed by atoms with Crippen molar-refractivity contribution in [2.45, 2.75) is 0 Å². The Balaban J connectivity index is 2.06. The van der Waals surface area contributed by atoms with Gasteiger partial charge in [-0.2, -0.15) is 0 Å². The number of non-ortho nitro benzene ring substituents is 1. The highest BCUT2D eigenvalue weighted by molar-refractivity contribution is 5.90. The summed E-state index contributed by atoms with van der Waals surface area (Å²) in [6.07, 6.45) is 0. The molecule has 0 aliphatic rings. The number of ether oxygens (including phenoxy) is 2. The summed E-state index contributed by atoms with van der Waals surface area (Å²) in [7, 11) is 3.21. The number of methoxy groups -OCH3 is 2. The van der Waals surface area contributed by atoms with E-state index < -0.39 is 4.92 Å². The van der Waals surface area contributed by atoms with E-state index in [1.54, 1.807) is 26.4 Å². The molecule has 0 unspecified atom stereocenters. The fraction of sp³-hybridized carbons (Fsp3) is 0.111. The molecule has 3 aromatic rings. The monoisotopic (exact) mass is 309 g/mol. The topological polar surface area (TPSA) is 61.6 Å². The van der Waals surface area contributed by atoms with Gasteiger partial charge in [-0.3, -0.25) is 10.1 Å². The zero-order valence-corrected chi connectivity index (χ0v) is 12.8. The van der Waals surface area contributed by atoms with Gasteiger partial charge in [-0.1, -0.05) is 12.1 Å². The number of benzene rings is 3. The van der Waals surface area contributed by atoms with E-state index in [4.69, 9.17) is 9.47 Å². The molecule has 0 atom stereocenters. The molecular formula is C18H15NO4. The summed E-state index contributed by atoms with van der Waals surface area (Å²) in [6, 6.07) is 16.4. The summed E-state index contributed by atoms with van der Waals surface area (Å²) in [4.78, 5) is 10.3. The summed E-state index contributed by atoms with van der Waals surface area (Å²) in [5, 5.41) is 12.8. The van der Waals surface area contributed by atoms with Gasteiger partial charge < -0.3 is 9.47 Å². The molecule has 116 valence electrons. The van der Waals surface area contributed by atoms with Crippen LogP contribution in [-0.2, 0) is 0 Å². The molecule has 0 aliphatic carbocycles. The molecule has 0 fully saturated rings. The Bertz CT molecular complexity index is 872. The lowest BCUT2D eigenvalue weighted by Gasteiger charge is -2.10. The van der Waals surface area contributed by atoms with E-state index in [1.807, 2.05) is 30.3 Å². The standard InChI is InChI=1S/C18H15NO4/c1-22-17-10-14-4-3-13(9-15(14)11-18(17)23-2)12-5-7-16(8-6-12)19(20)21/h3-11H,1-2H3. The summed E-state index contributed by atoms with van der Waals surface area (Å²) in [5.41, 5.74) is 1.99. The van der Waals surface area contributed by atoms with Crippen LogP contribution in [0.3, 0.4) is 0 Å². The largest absolute Gasteiger partial charge is 0.493 e. The van der Waals surface area contributed by atoms with Crippen molar-refractivity contribution in [3.63, 3.8) is 0 Å². The molecule has 3 aromatic carbocycles. The van der Waals surface area contributed by atoms with Crippen molar-refractivity contribution in [3.8, 4) is 22.6 Å². The molecular weight excluding hydrogens is 294 g/mol. The Morgan fingerprint density at radius 2 is 1.35 bits per heavy atom. The maximum absolute atomic E-state index is 10.7. The molecule has 0 aliphatic heterocycles. The Morgan fingerprint density at radius 3 is 1.91 bits per heavy atom. The lowest BCUT2D eigenvalue weighted by atomic mass is 10.0. The van der Waals surface area contributed by atoms with Crippen molar-refractivity contribution in [1.82, 2.24) is 0 Å². The second kappa shape index (κ2) is 5.96. The van der Waals surface area contributed by atoms with Crippen LogP contribution in [0.5, 0.6) is 11.5 Å². The maximum atomic E-state index is 10.7. The van der Waals surface area contributed by atoms with Gasteiger partial charge in [-0.05, 0) is 52.2 Å². The highest BCUT2D eigenvalue weighted by Crippen LogP contribution is 2.34. The third-order valence-corrected chi connectivity index (χ3v) is 3.75. The Kier molecular flexibility index (Phi) is 3.85. The van der Waals surface area contributed by atoms with Crippen molar-refractivity contribution < 1.29 is 14.4 Å². The first-order valence-corrected chi connectivity index (χ1v) is 7.03. The van der Waals surface area contributed by atoms with E-state index in [2.05, 4.69) is 0 Å². The third-order valence-electron chi connectivity index (χ3n) is 3.75. The molecule has 0 heterocycles. The van der Waals surface area contributed by atoms with Gasteiger partial charge in [-0.15, -0.1) is 0 Å². The van der Waals surface area contributed by atoms with Crippen LogP contribution in [0.2, 0.25) is 0 Å². The Hall–Kier alpha value is -3.08. The van der Waals surface area contributed by atoms with E-state index in [0.717, 1.165) is 21.9 Å². The molecule has 0 N–H and O–H groups in total. The first-order valence-electron chi connectivity index (χ1n) is 7.03. The minimum atomic E-state index is -0.401. The summed E-state index contributed by atoms with van der Waals surface area (Å²) in [6.45, 7) is 0. The van der Waals surface area contributed by atoms with E-state index in [9.17, 15) is 10.1 Å². The number of fused-ring (bicyclic) bond motifs is 1. The lowest BCUT2D eigenvalue weighted by Crippen LogP contribution is -1.91. The SMILES string of the molecule is COc1cc2ccc(-c3ccc([N+](=O)[O-])cc3)cc2cc1OC. The van der Waals surface area contributed by atoms with Crippen LogP contribution in [0.15, 0.2) is 54.6 Å². The predicted molar refractivity (Wildman–Crippen MR) is 89.1 cm³/mol. The van der Waals surface area contributed by atoms with Crippen LogP contribution in [0.25, 0.3) is 21.9 Å². The fourth-order valence-corrected chi connectivity index (χ4v) is 2.53. The van der Waals surface area contributed by atoms with Crippen LogP contribution in [-0.4, -0.2) is 19.1 Å². The molecule has 23 heavy (non-hydrogen) atoms. The van der Waals surface area contributed by atoms with Gasteiger partial charge in [0.05, 0.1) is 19.1 Å². The molecule has 5 nitrogen and oxygen atoms in total. The molecule has 0 saturated carbocycles. The van der Waals surface area contributed by atoms with Gasteiger partial charge in [0, 0.05) is 12.1 Å². The van der Waals surface area contributed by atoms with Gasteiger partial charge in [-0.25, -0.2) is 0 Å². The van der Waals surface area contributed by atoms with Gasteiger partial charge in [0.1, 0.15) is 0 Å². The Labute approximate surface area is 133 Å². The third kappa shape index (κ3) is 2.81. The highest BCUT2D eigenvalue weighted by atomic mass is 16.6. The minimum Gasteiger partial charge on any atom is -0.493 e. The summed E-state index contributed by atoms with van der Waals surface area (Å²) in [5.74, 6) is 1.35. The molecule has 0 saturated heterocycles. The zero-order chi connectivity index (χ0) is 16.4. The summed E-state index contributed by atoms with van der Waals surface area (Å²) >= 11 is 0. The number of nitrogens with zero attached hydrogens (tertiary/aromatic N) is 1. The van der Waals surface area contributed by atoms with E-state index in [-0.39, 0.29) is 5.69 Å². The summed E-state index contributed by atoms with van der Waals surface area (Å²) < 4.78 is 10.6. The molecule has 0 amide bonds. The van der Waals surface area contributed by atoms with E-state index in [0.29, 0.717) is 11.5 Å². The van der Waals surface area contributed by atoms with Crippen molar-refractivity contribution in [1.29, 1.82) is 0 Å². The molecule has 0 aromatic heterocycles. The molecule has 3 rings (SSSR count). The first kappa shape index (κ1) is 14.8. The quantitative estimate of drug-likeness (QED) is 0.528. The van der Waals surface area contributed by atoms with Crippen LogP contribution in [0, 0.1) is 10.1 Å². The predicted octanol–water partition coefficient (Wildman–Crippen LogP) is 4.43. The molecule has 0 radical (unpaired) electrons. The van der Waals surface area contributed by atoms with Gasteiger partial charge in [0.25, 0.3) is 5.69 Å². The second-order valence-electron chi connectivity index (χ2n) is 5.07.